The quantitative estimate of drug-likeness (QED) is 0.328. The number of anilines is 1. The number of nitrogens with one attached hydrogen (secondary N) is 2. The Labute approximate surface area is 194 Å². The maximum Gasteiger partial charge on any atom is 0.171 e. The number of thiocarbonyl (C=S) groups is 1. The summed E-state index contributed by atoms with van der Waals surface area (Å²) in [5.74, 6) is 1.89. The van der Waals surface area contributed by atoms with Crippen LogP contribution in [0.4, 0.5) is 5.69 Å². The Morgan fingerprint density at radius 3 is 2.55 bits per heavy atom. The van der Waals surface area contributed by atoms with Crippen LogP contribution in [-0.4, -0.2) is 10.7 Å². The SMILES string of the molecule is Cc1ccc2c(c1)OC(C)(C)C[C@H]2NC(=S)Nc1ccc(CSc2ccccc2)cc1. The lowest BCUT2D eigenvalue weighted by Crippen LogP contribution is -2.42. The van der Waals surface area contributed by atoms with E-state index in [-0.39, 0.29) is 11.6 Å². The van der Waals surface area contributed by atoms with Gasteiger partial charge in [0.1, 0.15) is 11.4 Å². The summed E-state index contributed by atoms with van der Waals surface area (Å²) in [6.45, 7) is 6.33. The minimum Gasteiger partial charge on any atom is -0.487 e. The standard InChI is InChI=1S/C26H28N2OS2/c1-18-9-14-22-23(16-26(2,3)29-24(22)15-18)28-25(30)27-20-12-10-19(11-13-20)17-31-21-7-5-4-6-8-21/h4-15,23H,16-17H2,1-3H3,(H2,27,28,30)/t23-/m1/s1. The van der Waals surface area contributed by atoms with Crippen LogP contribution in [0.5, 0.6) is 5.75 Å². The fourth-order valence-electron chi connectivity index (χ4n) is 3.78. The predicted molar refractivity (Wildman–Crippen MR) is 135 cm³/mol. The van der Waals surface area contributed by atoms with Gasteiger partial charge >= 0.3 is 0 Å². The van der Waals surface area contributed by atoms with E-state index < -0.39 is 0 Å². The van der Waals surface area contributed by atoms with Crippen molar-refractivity contribution in [2.24, 2.45) is 0 Å². The van der Waals surface area contributed by atoms with Crippen molar-refractivity contribution in [1.82, 2.24) is 5.32 Å². The van der Waals surface area contributed by atoms with E-state index in [1.54, 1.807) is 0 Å². The first-order valence-corrected chi connectivity index (χ1v) is 11.9. The number of aryl methyl sites for hydroxylation is 1. The first-order chi connectivity index (χ1) is 14.9. The van der Waals surface area contributed by atoms with Gasteiger partial charge in [-0.05, 0) is 74.4 Å². The number of benzene rings is 3. The molecule has 31 heavy (non-hydrogen) atoms. The summed E-state index contributed by atoms with van der Waals surface area (Å²) < 4.78 is 6.19. The molecule has 0 saturated heterocycles. The van der Waals surface area contributed by atoms with Crippen molar-refractivity contribution in [2.45, 2.75) is 49.5 Å². The Bertz CT molecular complexity index is 1050. The lowest BCUT2D eigenvalue weighted by Gasteiger charge is -2.38. The molecule has 0 spiro atoms. The van der Waals surface area contributed by atoms with Crippen LogP contribution in [0, 0.1) is 6.92 Å². The Hall–Kier alpha value is -2.50. The Kier molecular flexibility index (Phi) is 6.54. The van der Waals surface area contributed by atoms with Crippen LogP contribution in [0.25, 0.3) is 0 Å². The lowest BCUT2D eigenvalue weighted by atomic mass is 9.89. The third-order valence-corrected chi connectivity index (χ3v) is 6.60. The minimum atomic E-state index is -0.244. The number of hydrogen-bond donors (Lipinski definition) is 2. The average Bonchev–Trinajstić information content (AvgIpc) is 2.73. The second-order valence-corrected chi connectivity index (χ2v) is 10.0. The van der Waals surface area contributed by atoms with Crippen LogP contribution in [0.1, 0.15) is 43.0 Å². The largest absolute Gasteiger partial charge is 0.487 e. The van der Waals surface area contributed by atoms with Gasteiger partial charge in [0.05, 0.1) is 6.04 Å². The summed E-state index contributed by atoms with van der Waals surface area (Å²) >= 11 is 7.47. The topological polar surface area (TPSA) is 33.3 Å². The van der Waals surface area contributed by atoms with E-state index in [1.165, 1.54) is 16.0 Å². The molecule has 1 atom stereocenters. The normalized spacial score (nSPS) is 16.7. The van der Waals surface area contributed by atoms with Crippen LogP contribution < -0.4 is 15.4 Å². The Balaban J connectivity index is 1.36. The smallest absolute Gasteiger partial charge is 0.171 e. The third-order valence-electron chi connectivity index (χ3n) is 5.29. The van der Waals surface area contributed by atoms with Crippen molar-refractivity contribution in [1.29, 1.82) is 0 Å². The first-order valence-electron chi connectivity index (χ1n) is 10.5. The highest BCUT2D eigenvalue weighted by molar-refractivity contribution is 7.98. The third kappa shape index (κ3) is 5.81. The molecule has 0 aromatic heterocycles. The van der Waals surface area contributed by atoms with E-state index in [1.807, 2.05) is 17.8 Å². The Morgan fingerprint density at radius 1 is 1.06 bits per heavy atom. The van der Waals surface area contributed by atoms with Crippen LogP contribution in [0.3, 0.4) is 0 Å². The monoisotopic (exact) mass is 448 g/mol. The predicted octanol–water partition coefficient (Wildman–Crippen LogP) is 6.88. The van der Waals surface area contributed by atoms with Crippen molar-refractivity contribution in [3.63, 3.8) is 0 Å². The number of fused-ring (bicyclic) bond motifs is 1. The maximum absolute atomic E-state index is 6.19. The molecule has 4 rings (SSSR count). The molecule has 1 aliphatic heterocycles. The van der Waals surface area contributed by atoms with Gasteiger partial charge in [0.2, 0.25) is 0 Å². The molecule has 0 unspecified atom stereocenters. The van der Waals surface area contributed by atoms with Gasteiger partial charge in [0, 0.05) is 28.3 Å². The molecule has 0 bridgehead atoms. The second-order valence-electron chi connectivity index (χ2n) is 8.56. The van der Waals surface area contributed by atoms with Crippen molar-refractivity contribution in [3.05, 3.63) is 89.5 Å². The van der Waals surface area contributed by atoms with Crippen molar-refractivity contribution >= 4 is 34.8 Å². The van der Waals surface area contributed by atoms with Crippen LogP contribution in [0.15, 0.2) is 77.7 Å². The van der Waals surface area contributed by atoms with E-state index in [9.17, 15) is 0 Å². The summed E-state index contributed by atoms with van der Waals surface area (Å²) in [6.07, 6.45) is 0.848. The molecule has 0 aliphatic carbocycles. The molecule has 0 saturated carbocycles. The van der Waals surface area contributed by atoms with Crippen LogP contribution in [-0.2, 0) is 5.75 Å². The highest BCUT2D eigenvalue weighted by atomic mass is 32.2. The van der Waals surface area contributed by atoms with Gasteiger partial charge in [-0.25, -0.2) is 0 Å². The van der Waals surface area contributed by atoms with Gasteiger partial charge in [-0.15, -0.1) is 11.8 Å². The second kappa shape index (κ2) is 9.33. The maximum atomic E-state index is 6.19. The zero-order valence-corrected chi connectivity index (χ0v) is 19.8. The van der Waals surface area contributed by atoms with Gasteiger partial charge in [0.15, 0.2) is 5.11 Å². The lowest BCUT2D eigenvalue weighted by molar-refractivity contribution is 0.0696. The molecule has 3 aromatic carbocycles. The molecule has 3 aromatic rings. The molecule has 0 radical (unpaired) electrons. The highest BCUT2D eigenvalue weighted by Gasteiger charge is 2.34. The zero-order chi connectivity index (χ0) is 21.8. The van der Waals surface area contributed by atoms with Crippen molar-refractivity contribution in [2.75, 3.05) is 5.32 Å². The molecular weight excluding hydrogens is 420 g/mol. The van der Waals surface area contributed by atoms with E-state index >= 15 is 0 Å². The van der Waals surface area contributed by atoms with E-state index in [4.69, 9.17) is 17.0 Å². The average molecular weight is 449 g/mol. The van der Waals surface area contributed by atoms with Crippen molar-refractivity contribution in [3.8, 4) is 5.75 Å². The van der Waals surface area contributed by atoms with Crippen LogP contribution in [0.2, 0.25) is 0 Å². The summed E-state index contributed by atoms with van der Waals surface area (Å²) in [5, 5.41) is 7.45. The van der Waals surface area contributed by atoms with E-state index in [0.717, 1.165) is 29.2 Å². The fraction of sp³-hybridized carbons (Fsp3) is 0.269. The van der Waals surface area contributed by atoms with Gasteiger partial charge in [-0.2, -0.15) is 0 Å². The molecule has 3 nitrogen and oxygen atoms in total. The first kappa shape index (κ1) is 21.7. The summed E-state index contributed by atoms with van der Waals surface area (Å²) in [7, 11) is 0. The molecule has 0 fully saturated rings. The van der Waals surface area contributed by atoms with Gasteiger partial charge < -0.3 is 15.4 Å². The van der Waals surface area contributed by atoms with Gasteiger partial charge in [0.25, 0.3) is 0 Å². The summed E-state index contributed by atoms with van der Waals surface area (Å²) in [6, 6.07) is 25.4. The molecule has 1 heterocycles. The molecule has 1 aliphatic rings. The Morgan fingerprint density at radius 2 is 1.81 bits per heavy atom. The molecular formula is C26H28N2OS2. The zero-order valence-electron chi connectivity index (χ0n) is 18.1. The minimum absolute atomic E-state index is 0.112. The molecule has 160 valence electrons. The number of thioether (sulfide) groups is 1. The van der Waals surface area contributed by atoms with Crippen LogP contribution >= 0.6 is 24.0 Å². The highest BCUT2D eigenvalue weighted by Crippen LogP contribution is 2.40. The molecule has 5 heteroatoms. The van der Waals surface area contributed by atoms with E-state index in [2.05, 4.69) is 98.1 Å². The van der Waals surface area contributed by atoms with Gasteiger partial charge in [-0.3, -0.25) is 0 Å². The number of rotatable bonds is 5. The number of ether oxygens (including phenoxy) is 1. The van der Waals surface area contributed by atoms with E-state index in [0.29, 0.717) is 5.11 Å². The fourth-order valence-corrected chi connectivity index (χ4v) is 4.92. The summed E-state index contributed by atoms with van der Waals surface area (Å²) in [5.41, 5.74) is 4.38. The van der Waals surface area contributed by atoms with Crippen molar-refractivity contribution < 1.29 is 4.74 Å². The molecule has 2 N–H and O–H groups in total. The number of hydrogen-bond acceptors (Lipinski definition) is 3. The summed E-state index contributed by atoms with van der Waals surface area (Å²) in [4.78, 5) is 1.28. The van der Waals surface area contributed by atoms with Gasteiger partial charge in [-0.1, -0.05) is 42.5 Å². The molecule has 0 amide bonds.